The molecule has 7 heterocycles. The van der Waals surface area contributed by atoms with E-state index in [9.17, 15) is 19.2 Å². The number of nitrogens with zero attached hydrogens (tertiary/aromatic N) is 5. The van der Waals surface area contributed by atoms with Crippen LogP contribution in [0.2, 0.25) is 0 Å². The maximum Gasteiger partial charge on any atom is 0.407 e. The number of halogens is 1. The van der Waals surface area contributed by atoms with Crippen LogP contribution >= 0.6 is 11.3 Å². The minimum Gasteiger partial charge on any atom is -0.464 e. The van der Waals surface area contributed by atoms with Gasteiger partial charge in [0.1, 0.15) is 35.3 Å². The lowest BCUT2D eigenvalue weighted by molar-refractivity contribution is -0.136. The summed E-state index contributed by atoms with van der Waals surface area (Å²) in [6, 6.07) is 11.8. The Labute approximate surface area is 409 Å². The summed E-state index contributed by atoms with van der Waals surface area (Å²) in [7, 11) is 2.56. The van der Waals surface area contributed by atoms with Gasteiger partial charge in [-0.3, -0.25) is 14.2 Å². The molecule has 10 rings (SSSR count). The summed E-state index contributed by atoms with van der Waals surface area (Å²) >= 11 is 1.74. The minimum absolute atomic E-state index is 0.151. The number of methoxy groups -OCH3 is 2. The number of carbonyl (C=O) groups is 4. The van der Waals surface area contributed by atoms with Crippen molar-refractivity contribution in [1.82, 2.24) is 44.9 Å². The van der Waals surface area contributed by atoms with Gasteiger partial charge in [-0.1, -0.05) is 40.7 Å². The standard InChI is InChI=1S/C52H60FN9O7S/c1-8-31-32-21-29(34-24-54-46(56-34)37-11-9-19-60(37)48(63)43(26(2)3)58-51(65)67-6)15-16-36(32)62-45(31)42-33(53)22-30(23-39(42)69-50(62)41-18-17-40(70-41)28-13-14-28)35-25-55-47(57-35)38-12-10-20-61(38)49(64)44(27(4)5)59-52(66)68-7/h15-18,21-28,37-38,43-44,50H,8-14,19-20H2,1-7H3,(H,54,56)(H,55,57)(H,58,65)(H,59,66). The molecule has 3 aliphatic heterocycles. The van der Waals surface area contributed by atoms with Crippen LogP contribution in [-0.4, -0.2) is 97.7 Å². The van der Waals surface area contributed by atoms with Crippen LogP contribution in [0.4, 0.5) is 14.0 Å². The number of thiophene rings is 1. The van der Waals surface area contributed by atoms with Gasteiger partial charge in [-0.05, 0) is 105 Å². The monoisotopic (exact) mass is 973 g/mol. The van der Waals surface area contributed by atoms with Crippen LogP contribution in [-0.2, 0) is 25.5 Å². The molecule has 1 aliphatic carbocycles. The number of carbonyl (C=O) groups excluding carboxylic acids is 4. The highest BCUT2D eigenvalue weighted by atomic mass is 32.1. The van der Waals surface area contributed by atoms with Gasteiger partial charge in [0.25, 0.3) is 0 Å². The summed E-state index contributed by atoms with van der Waals surface area (Å²) in [4.78, 5) is 74.5. The lowest BCUT2D eigenvalue weighted by atomic mass is 9.98. The number of benzene rings is 2. The number of amides is 4. The fourth-order valence-corrected chi connectivity index (χ4v) is 11.8. The number of alkyl carbamates (subject to hydrolysis) is 2. The summed E-state index contributed by atoms with van der Waals surface area (Å²) < 4.78 is 36.0. The Hall–Kier alpha value is -6.69. The molecule has 4 N–H and O–H groups in total. The van der Waals surface area contributed by atoms with Crippen molar-refractivity contribution in [2.75, 3.05) is 27.3 Å². The highest BCUT2D eigenvalue weighted by Gasteiger charge is 2.41. The Morgan fingerprint density at radius 3 is 1.90 bits per heavy atom. The number of ether oxygens (including phenoxy) is 3. The molecule has 3 fully saturated rings. The van der Waals surface area contributed by atoms with E-state index in [0.29, 0.717) is 66.1 Å². The Morgan fingerprint density at radius 2 is 1.36 bits per heavy atom. The molecule has 2 saturated heterocycles. The molecule has 368 valence electrons. The van der Waals surface area contributed by atoms with Gasteiger partial charge in [0, 0.05) is 34.5 Å². The number of hydrogen-bond acceptors (Lipinski definition) is 10. The molecule has 2 aromatic carbocycles. The molecular formula is C52H60FN9O7S. The highest BCUT2D eigenvalue weighted by Crippen LogP contribution is 2.52. The number of nitrogens with one attached hydrogen (secondary N) is 4. The Bertz CT molecular complexity index is 2990. The first-order chi connectivity index (χ1) is 33.8. The van der Waals surface area contributed by atoms with E-state index in [0.717, 1.165) is 57.6 Å². The van der Waals surface area contributed by atoms with Gasteiger partial charge in [0.05, 0.1) is 71.7 Å². The predicted molar refractivity (Wildman–Crippen MR) is 263 cm³/mol. The van der Waals surface area contributed by atoms with Gasteiger partial charge < -0.3 is 44.6 Å². The lowest BCUT2D eigenvalue weighted by Crippen LogP contribution is -2.51. The fourth-order valence-electron chi connectivity index (χ4n) is 10.6. The number of rotatable bonds is 13. The number of H-pyrrole nitrogens is 2. The number of hydrogen-bond donors (Lipinski definition) is 4. The van der Waals surface area contributed by atoms with E-state index in [1.165, 1.54) is 38.0 Å². The summed E-state index contributed by atoms with van der Waals surface area (Å²) in [5, 5.41) is 6.39. The molecule has 70 heavy (non-hydrogen) atoms. The van der Waals surface area contributed by atoms with Crippen molar-refractivity contribution in [2.45, 2.75) is 116 Å². The topological polar surface area (TPSA) is 189 Å². The quantitative estimate of drug-likeness (QED) is 0.0874. The van der Waals surface area contributed by atoms with Crippen LogP contribution in [0.5, 0.6) is 5.75 Å². The summed E-state index contributed by atoms with van der Waals surface area (Å²) in [5.41, 5.74) is 5.87. The number of fused-ring (bicyclic) bond motifs is 5. The van der Waals surface area contributed by atoms with E-state index < -0.39 is 36.3 Å². The van der Waals surface area contributed by atoms with Crippen LogP contribution in [0, 0.1) is 17.7 Å². The van der Waals surface area contributed by atoms with Crippen molar-refractivity contribution < 1.29 is 37.8 Å². The molecule has 4 aromatic heterocycles. The van der Waals surface area contributed by atoms with Gasteiger partial charge in [-0.25, -0.2) is 23.9 Å². The number of aryl methyl sites for hydroxylation is 1. The van der Waals surface area contributed by atoms with E-state index in [4.69, 9.17) is 24.2 Å². The van der Waals surface area contributed by atoms with Gasteiger partial charge in [0.2, 0.25) is 18.0 Å². The largest absolute Gasteiger partial charge is 0.464 e. The summed E-state index contributed by atoms with van der Waals surface area (Å²) in [6.07, 6.45) is 7.51. The van der Waals surface area contributed by atoms with Gasteiger partial charge in [0.15, 0.2) is 0 Å². The summed E-state index contributed by atoms with van der Waals surface area (Å²) in [6.45, 7) is 10.7. The third kappa shape index (κ3) is 8.46. The molecule has 1 saturated carbocycles. The molecule has 0 spiro atoms. The second-order valence-corrected chi connectivity index (χ2v) is 20.7. The summed E-state index contributed by atoms with van der Waals surface area (Å²) in [5.74, 6) is 1.08. The van der Waals surface area contributed by atoms with E-state index in [2.05, 4.69) is 56.4 Å². The van der Waals surface area contributed by atoms with Gasteiger partial charge in [-0.2, -0.15) is 0 Å². The molecule has 4 amide bonds. The van der Waals surface area contributed by atoms with Crippen molar-refractivity contribution in [2.24, 2.45) is 11.8 Å². The first-order valence-electron chi connectivity index (χ1n) is 24.5. The van der Waals surface area contributed by atoms with Gasteiger partial charge in [-0.15, -0.1) is 11.3 Å². The molecule has 5 unspecified atom stereocenters. The second kappa shape index (κ2) is 18.9. The Balaban J connectivity index is 0.995. The van der Waals surface area contributed by atoms with Crippen molar-refractivity contribution in [3.63, 3.8) is 0 Å². The Morgan fingerprint density at radius 1 is 0.786 bits per heavy atom. The average Bonchev–Trinajstić information content (AvgIpc) is 4.07. The van der Waals surface area contributed by atoms with E-state index >= 15 is 4.39 Å². The molecule has 4 aliphatic rings. The maximum absolute atomic E-state index is 17.2. The number of likely N-dealkylation sites (tertiary alicyclic amines) is 2. The molecule has 16 nitrogen and oxygen atoms in total. The fraction of sp³-hybridized carbons (Fsp3) is 0.462. The van der Waals surface area contributed by atoms with Crippen molar-refractivity contribution in [3.05, 3.63) is 87.6 Å². The normalized spacial score (nSPS) is 19.5. The zero-order chi connectivity index (χ0) is 49.1. The van der Waals surface area contributed by atoms with Crippen molar-refractivity contribution in [1.29, 1.82) is 0 Å². The van der Waals surface area contributed by atoms with Crippen molar-refractivity contribution >= 4 is 46.2 Å². The molecule has 0 bridgehead atoms. The number of imidazole rings is 2. The number of aromatic nitrogens is 5. The zero-order valence-electron chi connectivity index (χ0n) is 40.6. The van der Waals surface area contributed by atoms with Gasteiger partial charge >= 0.3 is 12.2 Å². The number of aromatic amines is 2. The van der Waals surface area contributed by atoms with E-state index in [1.54, 1.807) is 33.5 Å². The molecule has 6 aromatic rings. The second-order valence-electron chi connectivity index (χ2n) is 19.6. The SMILES string of the molecule is CCc1c2n(c3ccc(-c4cnc(C5CCCN5C(=O)C(NC(=O)OC)C(C)C)[nH]4)cc13)C(c1ccc(C3CC3)s1)Oc1cc(-c3cnc(C4CCCN4C(=O)C(NC(=O)OC)C(C)C)[nH]3)cc(F)c1-2. The van der Waals surface area contributed by atoms with Crippen LogP contribution in [0.15, 0.2) is 54.9 Å². The Kier molecular flexibility index (Phi) is 12.7. The predicted octanol–water partition coefficient (Wildman–Crippen LogP) is 9.76. The van der Waals surface area contributed by atoms with Crippen molar-refractivity contribution in [3.8, 4) is 39.5 Å². The first kappa shape index (κ1) is 47.0. The first-order valence-corrected chi connectivity index (χ1v) is 25.3. The molecule has 18 heteroatoms. The third-order valence-corrected chi connectivity index (χ3v) is 15.7. The lowest BCUT2D eigenvalue weighted by Gasteiger charge is -2.30. The average molecular weight is 974 g/mol. The molecular weight excluding hydrogens is 914 g/mol. The maximum atomic E-state index is 17.2. The smallest absolute Gasteiger partial charge is 0.407 e. The third-order valence-electron chi connectivity index (χ3n) is 14.4. The minimum atomic E-state index is -0.769. The molecule has 5 atom stereocenters. The van der Waals surface area contributed by atoms with Crippen LogP contribution in [0.25, 0.3) is 44.7 Å². The van der Waals surface area contributed by atoms with E-state index in [-0.39, 0.29) is 35.7 Å². The zero-order valence-corrected chi connectivity index (χ0v) is 41.4. The highest BCUT2D eigenvalue weighted by molar-refractivity contribution is 7.12. The van der Waals surface area contributed by atoms with Crippen LogP contribution in [0.1, 0.15) is 124 Å². The van der Waals surface area contributed by atoms with Crippen LogP contribution < -0.4 is 15.4 Å². The van der Waals surface area contributed by atoms with Crippen LogP contribution in [0.3, 0.4) is 0 Å². The van der Waals surface area contributed by atoms with E-state index in [1.807, 2.05) is 39.8 Å². The molecule has 0 radical (unpaired) electrons.